The maximum atomic E-state index is 12.8. The number of carbonyl (C=O) groups excluding carboxylic acids is 1. The summed E-state index contributed by atoms with van der Waals surface area (Å²) in [5, 5.41) is 10.9. The Bertz CT molecular complexity index is 1100. The van der Waals surface area contributed by atoms with Gasteiger partial charge in [-0.2, -0.15) is 0 Å². The quantitative estimate of drug-likeness (QED) is 0.387. The Hall–Kier alpha value is -2.21. The first-order valence-corrected chi connectivity index (χ1v) is 11.8. The normalized spacial score (nSPS) is 18.6. The van der Waals surface area contributed by atoms with Gasteiger partial charge in [0.25, 0.3) is 0 Å². The van der Waals surface area contributed by atoms with Crippen LogP contribution in [0.15, 0.2) is 48.7 Å². The minimum Gasteiger partial charge on any atom is -0.481 e. The molecule has 0 amide bonds. The molecule has 1 N–H and O–H groups in total. The number of benzene rings is 2. The van der Waals surface area contributed by atoms with Crippen LogP contribution in [0.2, 0.25) is 10.0 Å². The van der Waals surface area contributed by atoms with Crippen molar-refractivity contribution in [3.8, 4) is 10.4 Å². The zero-order valence-corrected chi connectivity index (χ0v) is 19.0. The standard InChI is InChI=1S/C24H21Cl2NO3S/c25-18-9-10-19(20(26)12-18)23(30)16-7-5-15(6-8-16)21-13-27-24(31-21)17-3-1-14(2-4-17)11-22(28)29/h5-10,12-14,17H,1-4,11H2,(H,28,29). The van der Waals surface area contributed by atoms with E-state index in [2.05, 4.69) is 4.98 Å². The SMILES string of the molecule is O=C(O)CC1CCC(c2ncc(-c3ccc(C(=O)c4ccc(Cl)cc4Cl)cc3)s2)CC1. The second-order valence-corrected chi connectivity index (χ2v) is 9.81. The lowest BCUT2D eigenvalue weighted by Crippen LogP contribution is -2.16. The van der Waals surface area contributed by atoms with E-state index in [-0.39, 0.29) is 18.1 Å². The Morgan fingerprint density at radius 1 is 1.03 bits per heavy atom. The fraction of sp³-hybridized carbons (Fsp3) is 0.292. The van der Waals surface area contributed by atoms with Crippen molar-refractivity contribution in [1.29, 1.82) is 0 Å². The number of hydrogen-bond donors (Lipinski definition) is 1. The van der Waals surface area contributed by atoms with Crippen molar-refractivity contribution in [3.05, 3.63) is 74.8 Å². The molecule has 1 saturated carbocycles. The number of rotatable bonds is 6. The molecule has 0 spiro atoms. The maximum absolute atomic E-state index is 12.8. The predicted octanol–water partition coefficient (Wildman–Crippen LogP) is 7.10. The molecule has 0 radical (unpaired) electrons. The fourth-order valence-corrected chi connectivity index (χ4v) is 5.67. The predicted molar refractivity (Wildman–Crippen MR) is 124 cm³/mol. The van der Waals surface area contributed by atoms with Crippen LogP contribution in [-0.2, 0) is 4.79 Å². The molecule has 1 aliphatic rings. The Kier molecular flexibility index (Phi) is 6.75. The van der Waals surface area contributed by atoms with Crippen molar-refractivity contribution < 1.29 is 14.7 Å². The van der Waals surface area contributed by atoms with Crippen LogP contribution < -0.4 is 0 Å². The van der Waals surface area contributed by atoms with E-state index >= 15 is 0 Å². The van der Waals surface area contributed by atoms with Crippen LogP contribution in [0.3, 0.4) is 0 Å². The molecule has 4 rings (SSSR count). The van der Waals surface area contributed by atoms with Crippen LogP contribution in [-0.4, -0.2) is 21.8 Å². The van der Waals surface area contributed by atoms with Crippen molar-refractivity contribution in [2.24, 2.45) is 5.92 Å². The van der Waals surface area contributed by atoms with Gasteiger partial charge >= 0.3 is 5.97 Å². The van der Waals surface area contributed by atoms with Crippen LogP contribution in [0, 0.1) is 5.92 Å². The largest absolute Gasteiger partial charge is 0.481 e. The van der Waals surface area contributed by atoms with Gasteiger partial charge in [0.05, 0.1) is 14.9 Å². The first-order valence-electron chi connectivity index (χ1n) is 10.2. The van der Waals surface area contributed by atoms with Gasteiger partial charge in [-0.05, 0) is 55.4 Å². The molecule has 4 nitrogen and oxygen atoms in total. The minimum atomic E-state index is -0.708. The van der Waals surface area contributed by atoms with E-state index in [9.17, 15) is 9.59 Å². The van der Waals surface area contributed by atoms with Crippen molar-refractivity contribution in [3.63, 3.8) is 0 Å². The zero-order chi connectivity index (χ0) is 22.0. The number of halogens is 2. The summed E-state index contributed by atoms with van der Waals surface area (Å²) in [5.74, 6) is -0.166. The maximum Gasteiger partial charge on any atom is 0.303 e. The van der Waals surface area contributed by atoms with E-state index in [4.69, 9.17) is 28.3 Å². The number of aliphatic carboxylic acids is 1. The number of thiazole rings is 1. The van der Waals surface area contributed by atoms with Gasteiger partial charge in [-0.1, -0.05) is 47.5 Å². The van der Waals surface area contributed by atoms with E-state index < -0.39 is 5.97 Å². The summed E-state index contributed by atoms with van der Waals surface area (Å²) in [4.78, 5) is 29.4. The number of aromatic nitrogens is 1. The summed E-state index contributed by atoms with van der Waals surface area (Å²) in [7, 11) is 0. The van der Waals surface area contributed by atoms with E-state index in [1.165, 1.54) is 0 Å². The molecule has 1 fully saturated rings. The summed E-state index contributed by atoms with van der Waals surface area (Å²) in [5.41, 5.74) is 2.01. The van der Waals surface area contributed by atoms with Crippen molar-refractivity contribution >= 4 is 46.3 Å². The lowest BCUT2D eigenvalue weighted by molar-refractivity contribution is -0.138. The Morgan fingerprint density at radius 3 is 2.39 bits per heavy atom. The monoisotopic (exact) mass is 473 g/mol. The highest BCUT2D eigenvalue weighted by Crippen LogP contribution is 2.40. The molecule has 3 aromatic rings. The average molecular weight is 474 g/mol. The molecule has 7 heteroatoms. The summed E-state index contributed by atoms with van der Waals surface area (Å²) in [6.45, 7) is 0. The highest BCUT2D eigenvalue weighted by atomic mass is 35.5. The molecule has 0 bridgehead atoms. The van der Waals surface area contributed by atoms with Crippen LogP contribution >= 0.6 is 34.5 Å². The van der Waals surface area contributed by atoms with Gasteiger partial charge in [-0.25, -0.2) is 4.98 Å². The molecule has 0 saturated heterocycles. The van der Waals surface area contributed by atoms with E-state index in [0.717, 1.165) is 41.1 Å². The Balaban J connectivity index is 1.44. The van der Waals surface area contributed by atoms with Crippen molar-refractivity contribution in [2.45, 2.75) is 38.0 Å². The highest BCUT2D eigenvalue weighted by molar-refractivity contribution is 7.15. The van der Waals surface area contributed by atoms with E-state index in [0.29, 0.717) is 27.1 Å². The summed E-state index contributed by atoms with van der Waals surface area (Å²) in [6.07, 6.45) is 6.00. The number of hydrogen-bond acceptors (Lipinski definition) is 4. The fourth-order valence-electron chi connectivity index (χ4n) is 4.09. The molecule has 0 atom stereocenters. The minimum absolute atomic E-state index is 0.142. The number of carbonyl (C=O) groups is 2. The third kappa shape index (κ3) is 5.17. The van der Waals surface area contributed by atoms with Crippen LogP contribution in [0.4, 0.5) is 0 Å². The number of carboxylic acids is 1. The van der Waals surface area contributed by atoms with Crippen LogP contribution in [0.5, 0.6) is 0 Å². The van der Waals surface area contributed by atoms with Gasteiger partial charge in [0.15, 0.2) is 5.78 Å². The Morgan fingerprint density at radius 2 is 1.74 bits per heavy atom. The van der Waals surface area contributed by atoms with E-state index in [1.807, 2.05) is 18.3 Å². The number of ketones is 1. The second kappa shape index (κ2) is 9.51. The molecule has 31 heavy (non-hydrogen) atoms. The summed E-state index contributed by atoms with van der Waals surface area (Å²) >= 11 is 13.8. The summed E-state index contributed by atoms with van der Waals surface area (Å²) < 4.78 is 0. The summed E-state index contributed by atoms with van der Waals surface area (Å²) in [6, 6.07) is 12.3. The molecular formula is C24H21Cl2NO3S. The second-order valence-electron chi connectivity index (χ2n) is 7.91. The molecule has 1 aromatic heterocycles. The van der Waals surface area contributed by atoms with Gasteiger partial charge < -0.3 is 5.11 Å². The Labute approximate surface area is 194 Å². The molecule has 1 heterocycles. The number of carboxylic acid groups (broad SMARTS) is 1. The van der Waals surface area contributed by atoms with Crippen LogP contribution in [0.25, 0.3) is 10.4 Å². The van der Waals surface area contributed by atoms with Gasteiger partial charge in [0, 0.05) is 34.7 Å². The molecular weight excluding hydrogens is 453 g/mol. The lowest BCUT2D eigenvalue weighted by atomic mass is 9.81. The van der Waals surface area contributed by atoms with Gasteiger partial charge in [-0.15, -0.1) is 11.3 Å². The van der Waals surface area contributed by atoms with Gasteiger partial charge in [0.2, 0.25) is 0 Å². The molecule has 0 unspecified atom stereocenters. The zero-order valence-electron chi connectivity index (χ0n) is 16.7. The molecule has 2 aromatic carbocycles. The molecule has 160 valence electrons. The average Bonchev–Trinajstić information content (AvgIpc) is 3.24. The van der Waals surface area contributed by atoms with Crippen molar-refractivity contribution in [2.75, 3.05) is 0 Å². The van der Waals surface area contributed by atoms with Gasteiger partial charge in [-0.3, -0.25) is 9.59 Å². The first kappa shape index (κ1) is 22.0. The van der Waals surface area contributed by atoms with E-state index in [1.54, 1.807) is 41.7 Å². The highest BCUT2D eigenvalue weighted by Gasteiger charge is 2.26. The number of nitrogens with zero attached hydrogens (tertiary/aromatic N) is 1. The topological polar surface area (TPSA) is 67.3 Å². The molecule has 0 aliphatic heterocycles. The van der Waals surface area contributed by atoms with Gasteiger partial charge in [0.1, 0.15) is 0 Å². The smallest absolute Gasteiger partial charge is 0.303 e. The first-order chi connectivity index (χ1) is 14.9. The van der Waals surface area contributed by atoms with Crippen molar-refractivity contribution in [1.82, 2.24) is 4.98 Å². The third-order valence-corrected chi connectivity index (χ3v) is 7.55. The lowest BCUT2D eigenvalue weighted by Gasteiger charge is -2.26. The molecule has 1 aliphatic carbocycles. The van der Waals surface area contributed by atoms with Crippen LogP contribution in [0.1, 0.15) is 59.0 Å². The third-order valence-electron chi connectivity index (χ3n) is 5.79.